The number of hydrogen-bond acceptors (Lipinski definition) is 5. The fourth-order valence-electron chi connectivity index (χ4n) is 0.754. The normalized spacial score (nSPS) is 9.38. The van der Waals surface area contributed by atoms with Crippen LogP contribution in [-0.4, -0.2) is 35.2 Å². The molecule has 0 aliphatic rings. The summed E-state index contributed by atoms with van der Waals surface area (Å²) in [7, 11) is 3.01. The summed E-state index contributed by atoms with van der Waals surface area (Å²) in [5.74, 6) is -0.707. The predicted molar refractivity (Wildman–Crippen MR) is 45.1 cm³/mol. The lowest BCUT2D eigenvalue weighted by molar-refractivity contribution is 0.0689. The summed E-state index contributed by atoms with van der Waals surface area (Å²) in [6, 6.07) is 1.36. The van der Waals surface area contributed by atoms with E-state index in [4.69, 9.17) is 9.84 Å². The van der Waals surface area contributed by atoms with Crippen LogP contribution in [0.4, 0.5) is 5.82 Å². The zero-order chi connectivity index (χ0) is 9.84. The molecular formula is C7H9N3O3. The molecule has 0 aromatic carbocycles. The van der Waals surface area contributed by atoms with Crippen molar-refractivity contribution in [2.75, 3.05) is 19.5 Å². The molecule has 1 heterocycles. The van der Waals surface area contributed by atoms with Crippen molar-refractivity contribution in [2.24, 2.45) is 0 Å². The number of ether oxygens (including phenoxy) is 1. The Morgan fingerprint density at radius 3 is 2.77 bits per heavy atom. The SMILES string of the molecule is CNc1cc(C(=O)O)nc(OC)n1. The minimum absolute atomic E-state index is 0.0317. The van der Waals surface area contributed by atoms with Crippen molar-refractivity contribution in [1.82, 2.24) is 9.97 Å². The minimum Gasteiger partial charge on any atom is -0.477 e. The third-order valence-electron chi connectivity index (χ3n) is 1.36. The number of methoxy groups -OCH3 is 1. The number of carboxylic acids is 1. The van der Waals surface area contributed by atoms with E-state index >= 15 is 0 Å². The van der Waals surface area contributed by atoms with Crippen LogP contribution in [0.1, 0.15) is 10.5 Å². The van der Waals surface area contributed by atoms with Gasteiger partial charge in [-0.15, -0.1) is 0 Å². The second-order valence-electron chi connectivity index (χ2n) is 2.18. The van der Waals surface area contributed by atoms with Gasteiger partial charge in [0.1, 0.15) is 5.82 Å². The Morgan fingerprint density at radius 1 is 1.62 bits per heavy atom. The van der Waals surface area contributed by atoms with E-state index in [1.807, 2.05) is 0 Å². The summed E-state index contributed by atoms with van der Waals surface area (Å²) in [6.07, 6.45) is 0. The van der Waals surface area contributed by atoms with Crippen molar-refractivity contribution < 1.29 is 14.6 Å². The second kappa shape index (κ2) is 3.70. The number of aromatic nitrogens is 2. The van der Waals surface area contributed by atoms with Gasteiger partial charge in [0.25, 0.3) is 0 Å². The van der Waals surface area contributed by atoms with Gasteiger partial charge in [-0.2, -0.15) is 9.97 Å². The summed E-state index contributed by atoms with van der Waals surface area (Å²) in [5.41, 5.74) is -0.101. The van der Waals surface area contributed by atoms with Crippen molar-refractivity contribution in [1.29, 1.82) is 0 Å². The summed E-state index contributed by atoms with van der Waals surface area (Å²) in [6.45, 7) is 0. The topological polar surface area (TPSA) is 84.3 Å². The van der Waals surface area contributed by atoms with Gasteiger partial charge in [0, 0.05) is 13.1 Å². The molecular weight excluding hydrogens is 174 g/mol. The molecule has 0 atom stereocenters. The molecule has 6 nitrogen and oxygen atoms in total. The van der Waals surface area contributed by atoms with Crippen LogP contribution < -0.4 is 10.1 Å². The Bertz CT molecular complexity index is 305. The zero-order valence-electron chi connectivity index (χ0n) is 7.24. The molecule has 70 valence electrons. The summed E-state index contributed by atoms with van der Waals surface area (Å²) >= 11 is 0. The van der Waals surface area contributed by atoms with Crippen LogP contribution >= 0.6 is 0 Å². The van der Waals surface area contributed by atoms with Crippen molar-refractivity contribution in [3.05, 3.63) is 11.8 Å². The molecule has 0 saturated carbocycles. The maximum Gasteiger partial charge on any atom is 0.354 e. The molecule has 0 spiro atoms. The minimum atomic E-state index is -1.11. The smallest absolute Gasteiger partial charge is 0.354 e. The van der Waals surface area contributed by atoms with Crippen molar-refractivity contribution in [3.8, 4) is 6.01 Å². The van der Waals surface area contributed by atoms with Gasteiger partial charge >= 0.3 is 12.0 Å². The average Bonchev–Trinajstić information content (AvgIpc) is 2.16. The molecule has 0 aliphatic carbocycles. The Morgan fingerprint density at radius 2 is 2.31 bits per heavy atom. The first-order valence-electron chi connectivity index (χ1n) is 3.51. The van der Waals surface area contributed by atoms with Crippen LogP contribution in [-0.2, 0) is 0 Å². The monoisotopic (exact) mass is 183 g/mol. The lowest BCUT2D eigenvalue weighted by atomic mass is 10.4. The number of anilines is 1. The van der Waals surface area contributed by atoms with E-state index in [0.717, 1.165) is 0 Å². The van der Waals surface area contributed by atoms with Crippen molar-refractivity contribution in [3.63, 3.8) is 0 Å². The molecule has 0 unspecified atom stereocenters. The summed E-state index contributed by atoms with van der Waals surface area (Å²) in [5, 5.41) is 11.4. The Hall–Kier alpha value is -1.85. The number of carbonyl (C=O) groups is 1. The second-order valence-corrected chi connectivity index (χ2v) is 2.18. The van der Waals surface area contributed by atoms with E-state index in [1.54, 1.807) is 7.05 Å². The Labute approximate surface area is 74.6 Å². The number of carboxylic acid groups (broad SMARTS) is 1. The number of rotatable bonds is 3. The van der Waals surface area contributed by atoms with Gasteiger partial charge in [0.15, 0.2) is 5.69 Å². The van der Waals surface area contributed by atoms with Gasteiger partial charge in [-0.05, 0) is 0 Å². The lowest BCUT2D eigenvalue weighted by Gasteiger charge is -2.03. The van der Waals surface area contributed by atoms with Crippen LogP contribution in [0.15, 0.2) is 6.07 Å². The molecule has 1 rings (SSSR count). The van der Waals surface area contributed by atoms with Crippen molar-refractivity contribution in [2.45, 2.75) is 0 Å². The van der Waals surface area contributed by atoms with Gasteiger partial charge in [-0.1, -0.05) is 0 Å². The molecule has 0 fully saturated rings. The molecule has 1 aromatic heterocycles. The molecule has 0 saturated heterocycles. The van der Waals surface area contributed by atoms with E-state index in [0.29, 0.717) is 5.82 Å². The first kappa shape index (κ1) is 9.24. The highest BCUT2D eigenvalue weighted by Crippen LogP contribution is 2.10. The van der Waals surface area contributed by atoms with Crippen LogP contribution in [0, 0.1) is 0 Å². The molecule has 0 bridgehead atoms. The van der Waals surface area contributed by atoms with Crippen LogP contribution in [0.25, 0.3) is 0 Å². The molecule has 6 heteroatoms. The first-order valence-corrected chi connectivity index (χ1v) is 3.51. The number of aromatic carboxylic acids is 1. The lowest BCUT2D eigenvalue weighted by Crippen LogP contribution is -2.05. The highest BCUT2D eigenvalue weighted by atomic mass is 16.5. The number of hydrogen-bond donors (Lipinski definition) is 2. The van der Waals surface area contributed by atoms with Crippen LogP contribution in [0.5, 0.6) is 6.01 Å². The molecule has 13 heavy (non-hydrogen) atoms. The molecule has 1 aromatic rings. The van der Waals surface area contributed by atoms with Gasteiger partial charge in [0.05, 0.1) is 7.11 Å². The van der Waals surface area contributed by atoms with Gasteiger partial charge in [-0.3, -0.25) is 0 Å². The number of nitrogens with one attached hydrogen (secondary N) is 1. The zero-order valence-corrected chi connectivity index (χ0v) is 7.24. The maximum absolute atomic E-state index is 10.6. The van der Waals surface area contributed by atoms with Gasteiger partial charge < -0.3 is 15.2 Å². The highest BCUT2D eigenvalue weighted by Gasteiger charge is 2.09. The first-order chi connectivity index (χ1) is 6.17. The highest BCUT2D eigenvalue weighted by molar-refractivity contribution is 5.86. The van der Waals surface area contributed by atoms with Gasteiger partial charge in [-0.25, -0.2) is 4.79 Å². The summed E-state index contributed by atoms with van der Waals surface area (Å²) < 4.78 is 4.72. The molecule has 2 N–H and O–H groups in total. The Kier molecular flexibility index (Phi) is 2.63. The quantitative estimate of drug-likeness (QED) is 0.697. The standard InChI is InChI=1S/C7H9N3O3/c1-8-5-3-4(6(11)12)9-7(10-5)13-2/h3H,1-2H3,(H,11,12)(H,8,9,10). The average molecular weight is 183 g/mol. The van der Waals surface area contributed by atoms with E-state index in [9.17, 15) is 4.79 Å². The third kappa shape index (κ3) is 2.05. The molecule has 0 radical (unpaired) electrons. The third-order valence-corrected chi connectivity index (χ3v) is 1.36. The fraction of sp³-hybridized carbons (Fsp3) is 0.286. The Balaban J connectivity index is 3.14. The maximum atomic E-state index is 10.6. The van der Waals surface area contributed by atoms with E-state index in [2.05, 4.69) is 15.3 Å². The molecule has 0 aliphatic heterocycles. The van der Waals surface area contributed by atoms with Crippen molar-refractivity contribution >= 4 is 11.8 Å². The van der Waals surface area contributed by atoms with E-state index in [1.165, 1.54) is 13.2 Å². The van der Waals surface area contributed by atoms with Crippen LogP contribution in [0.3, 0.4) is 0 Å². The predicted octanol–water partition coefficient (Wildman–Crippen LogP) is 0.225. The van der Waals surface area contributed by atoms with E-state index < -0.39 is 5.97 Å². The molecule has 0 amide bonds. The largest absolute Gasteiger partial charge is 0.477 e. The summed E-state index contributed by atoms with van der Waals surface area (Å²) in [4.78, 5) is 18.0. The number of nitrogens with zero attached hydrogens (tertiary/aromatic N) is 2. The fourth-order valence-corrected chi connectivity index (χ4v) is 0.754. The van der Waals surface area contributed by atoms with E-state index in [-0.39, 0.29) is 11.7 Å². The van der Waals surface area contributed by atoms with Crippen LogP contribution in [0.2, 0.25) is 0 Å². The van der Waals surface area contributed by atoms with Gasteiger partial charge in [0.2, 0.25) is 0 Å².